The predicted molar refractivity (Wildman–Crippen MR) is 194 cm³/mol. The van der Waals surface area contributed by atoms with Gasteiger partial charge in [0.1, 0.15) is 23.9 Å². The molecule has 0 unspecified atom stereocenters. The lowest BCUT2D eigenvalue weighted by atomic mass is 9.85. The highest BCUT2D eigenvalue weighted by Gasteiger charge is 2.47. The minimum absolute atomic E-state index is 0.0133. The summed E-state index contributed by atoms with van der Waals surface area (Å²) in [6.07, 6.45) is 7.24. The minimum atomic E-state index is -1.05. The van der Waals surface area contributed by atoms with Gasteiger partial charge in [-0.1, -0.05) is 34.1 Å². The summed E-state index contributed by atoms with van der Waals surface area (Å²) >= 11 is 1.48. The molecule has 4 heterocycles. The maximum Gasteiger partial charge on any atom is 0.315 e. The fraction of sp³-hybridized carbons (Fsp3) is 0.583. The number of likely N-dealkylation sites (tertiary alicyclic amines) is 1. The van der Waals surface area contributed by atoms with Gasteiger partial charge in [-0.2, -0.15) is 0 Å². The number of hydrogen-bond donors (Lipinski definition) is 4. The largest absolute Gasteiger partial charge is 0.487 e. The van der Waals surface area contributed by atoms with E-state index in [1.165, 1.54) is 16.2 Å². The summed E-state index contributed by atoms with van der Waals surface area (Å²) in [4.78, 5) is 78.8. The van der Waals surface area contributed by atoms with E-state index >= 15 is 0 Å². The van der Waals surface area contributed by atoms with Gasteiger partial charge in [0, 0.05) is 37.4 Å². The number of urea groups is 1. The van der Waals surface area contributed by atoms with E-state index in [-0.39, 0.29) is 25.4 Å². The summed E-state index contributed by atoms with van der Waals surface area (Å²) in [5.74, 6) is -1.91. The average Bonchev–Trinajstić information content (AvgIpc) is 3.38. The van der Waals surface area contributed by atoms with Gasteiger partial charge in [-0.15, -0.1) is 11.3 Å². The first kappa shape index (κ1) is 37.7. The normalized spacial score (nSPS) is 18.9. The molecule has 1 saturated carbocycles. The second kappa shape index (κ2) is 15.0. The number of carbonyl (C=O) groups excluding carboxylic acids is 5. The van der Waals surface area contributed by atoms with Gasteiger partial charge in [0.15, 0.2) is 0 Å². The van der Waals surface area contributed by atoms with Crippen LogP contribution >= 0.6 is 11.3 Å². The van der Waals surface area contributed by atoms with Crippen molar-refractivity contribution in [1.29, 1.82) is 0 Å². The maximum absolute atomic E-state index is 14.5. The number of ether oxygens (including phenoxy) is 1. The Morgan fingerprint density at radius 2 is 1.78 bits per heavy atom. The highest BCUT2D eigenvalue weighted by molar-refractivity contribution is 7.22. The number of nitrogens with one attached hydrogen (secondary N) is 4. The second-order valence-corrected chi connectivity index (χ2v) is 16.7. The van der Waals surface area contributed by atoms with Gasteiger partial charge in [-0.3, -0.25) is 24.2 Å². The third-order valence-electron chi connectivity index (χ3n) is 8.70. The smallest absolute Gasteiger partial charge is 0.315 e. The van der Waals surface area contributed by atoms with E-state index in [0.717, 1.165) is 33.6 Å². The Hall–Kier alpha value is -4.53. The molecule has 0 aromatic carbocycles. The van der Waals surface area contributed by atoms with E-state index in [9.17, 15) is 24.0 Å². The zero-order valence-corrected chi connectivity index (χ0v) is 31.5. The summed E-state index contributed by atoms with van der Waals surface area (Å²) in [5.41, 5.74) is 0.250. The molecule has 4 N–H and O–H groups in total. The molecule has 14 nitrogen and oxygen atoms in total. The standard InChI is InChI=1S/C36H50N8O6S/c1-9-10-22(28(45)32(47)39-20-11-12-20)40-31(46)25-15-21(17-44(25)33(48)30(35(2,3)4)41-34(49)42-36(5,6)7)50-26-13-14-37-23-16-27(51-29(23)26)24-18-43(8)19-38-24/h13-14,16,18-22,25,30H,9-12,15,17H2,1-8H3,(H,39,47)(H,40,46)(H2,41,42,49)/t21-,22+,25+,30-/m1/s1. The fourth-order valence-electron chi connectivity index (χ4n) is 6.02. The van der Waals surface area contributed by atoms with Crippen LogP contribution in [-0.4, -0.2) is 91.3 Å². The maximum atomic E-state index is 14.5. The number of rotatable bonds is 12. The van der Waals surface area contributed by atoms with Crippen LogP contribution in [0.3, 0.4) is 0 Å². The van der Waals surface area contributed by atoms with E-state index in [4.69, 9.17) is 4.74 Å². The Bertz CT molecular complexity index is 1790. The van der Waals surface area contributed by atoms with Crippen LogP contribution in [0.5, 0.6) is 5.75 Å². The first-order valence-corrected chi connectivity index (χ1v) is 18.3. The summed E-state index contributed by atoms with van der Waals surface area (Å²) in [6, 6.07) is 0.0807. The topological polar surface area (TPSA) is 177 Å². The molecule has 2 fully saturated rings. The van der Waals surface area contributed by atoms with Gasteiger partial charge in [0.2, 0.25) is 17.6 Å². The van der Waals surface area contributed by atoms with Gasteiger partial charge in [-0.25, -0.2) is 9.78 Å². The molecule has 1 saturated heterocycles. The zero-order chi connectivity index (χ0) is 37.2. The zero-order valence-electron chi connectivity index (χ0n) is 30.7. The molecule has 1 aliphatic carbocycles. The Kier molecular flexibility index (Phi) is 11.1. The van der Waals surface area contributed by atoms with Crippen LogP contribution in [0.1, 0.15) is 80.6 Å². The molecule has 0 bridgehead atoms. The van der Waals surface area contributed by atoms with Crippen LogP contribution in [0.15, 0.2) is 30.9 Å². The fourth-order valence-corrected chi connectivity index (χ4v) is 7.05. The lowest BCUT2D eigenvalue weighted by molar-refractivity contribution is -0.144. The lowest BCUT2D eigenvalue weighted by Gasteiger charge is -2.36. The SMILES string of the molecule is CCC[C@H](NC(=O)[C@@H]1C[C@@H](Oc2ccnc3cc(-c4cn(C)cn4)sc23)CN1C(=O)[C@@H](NC(=O)NC(C)(C)C)C(C)(C)C)C(=O)C(=O)NC1CC1. The Morgan fingerprint density at radius 3 is 2.39 bits per heavy atom. The number of ketones is 1. The van der Waals surface area contributed by atoms with Crippen molar-refractivity contribution in [3.8, 4) is 16.3 Å². The van der Waals surface area contributed by atoms with Crippen LogP contribution in [0.25, 0.3) is 20.8 Å². The molecule has 276 valence electrons. The number of aromatic nitrogens is 3. The average molecular weight is 723 g/mol. The molecule has 3 aromatic heterocycles. The first-order chi connectivity index (χ1) is 23.9. The third kappa shape index (κ3) is 9.43. The number of nitrogens with zero attached hydrogens (tertiary/aromatic N) is 4. The van der Waals surface area contributed by atoms with Gasteiger partial charge in [0.05, 0.1) is 39.7 Å². The molecule has 1 aliphatic heterocycles. The Labute approximate surface area is 302 Å². The van der Waals surface area contributed by atoms with Crippen LogP contribution in [0, 0.1) is 5.41 Å². The molecule has 5 amide bonds. The van der Waals surface area contributed by atoms with Crippen LogP contribution in [-0.2, 0) is 26.2 Å². The third-order valence-corrected chi connectivity index (χ3v) is 9.86. The van der Waals surface area contributed by atoms with Gasteiger partial charge in [0.25, 0.3) is 5.91 Å². The number of carbonyl (C=O) groups is 5. The minimum Gasteiger partial charge on any atom is -0.487 e. The quantitative estimate of drug-likeness (QED) is 0.205. The first-order valence-electron chi connectivity index (χ1n) is 17.5. The number of amides is 5. The molecule has 51 heavy (non-hydrogen) atoms. The number of thiophene rings is 1. The van der Waals surface area contributed by atoms with Crippen LogP contribution in [0.4, 0.5) is 4.79 Å². The van der Waals surface area contributed by atoms with Crippen molar-refractivity contribution in [3.05, 3.63) is 30.9 Å². The summed E-state index contributed by atoms with van der Waals surface area (Å²) < 4.78 is 9.21. The summed E-state index contributed by atoms with van der Waals surface area (Å²) in [5, 5.41) is 11.2. The molecule has 15 heteroatoms. The van der Waals surface area contributed by atoms with Crippen molar-refractivity contribution in [1.82, 2.24) is 40.7 Å². The highest BCUT2D eigenvalue weighted by Crippen LogP contribution is 2.38. The van der Waals surface area contributed by atoms with E-state index in [2.05, 4.69) is 31.2 Å². The number of pyridine rings is 1. The van der Waals surface area contributed by atoms with Gasteiger partial charge >= 0.3 is 6.03 Å². The van der Waals surface area contributed by atoms with Crippen molar-refractivity contribution >= 4 is 51.1 Å². The number of Topliss-reactive ketones (excluding diaryl/α,β-unsaturated/α-hetero) is 1. The van der Waals surface area contributed by atoms with E-state index in [1.807, 2.05) is 72.3 Å². The number of imidazole rings is 1. The Balaban J connectivity index is 1.42. The summed E-state index contributed by atoms with van der Waals surface area (Å²) in [7, 11) is 1.90. The molecular formula is C36H50N8O6S. The molecule has 4 atom stereocenters. The predicted octanol–water partition coefficient (Wildman–Crippen LogP) is 3.69. The van der Waals surface area contributed by atoms with Crippen molar-refractivity contribution in [2.45, 2.75) is 116 Å². The van der Waals surface area contributed by atoms with Crippen LogP contribution < -0.4 is 26.0 Å². The van der Waals surface area contributed by atoms with E-state index < -0.39 is 64.7 Å². The monoisotopic (exact) mass is 722 g/mol. The van der Waals surface area contributed by atoms with Crippen molar-refractivity contribution < 1.29 is 28.7 Å². The number of fused-ring (bicyclic) bond motifs is 1. The van der Waals surface area contributed by atoms with Crippen molar-refractivity contribution in [2.24, 2.45) is 12.5 Å². The molecule has 0 radical (unpaired) electrons. The second-order valence-electron chi connectivity index (χ2n) is 15.6. The highest BCUT2D eigenvalue weighted by atomic mass is 32.1. The van der Waals surface area contributed by atoms with E-state index in [1.54, 1.807) is 18.6 Å². The molecule has 2 aliphatic rings. The van der Waals surface area contributed by atoms with E-state index in [0.29, 0.717) is 12.2 Å². The van der Waals surface area contributed by atoms with Crippen LogP contribution in [0.2, 0.25) is 0 Å². The number of aryl methyl sites for hydroxylation is 1. The Morgan fingerprint density at radius 1 is 1.06 bits per heavy atom. The van der Waals surface area contributed by atoms with Crippen molar-refractivity contribution in [2.75, 3.05) is 6.54 Å². The van der Waals surface area contributed by atoms with Crippen molar-refractivity contribution in [3.63, 3.8) is 0 Å². The molecule has 0 spiro atoms. The molecular weight excluding hydrogens is 673 g/mol. The summed E-state index contributed by atoms with van der Waals surface area (Å²) in [6.45, 7) is 12.9. The van der Waals surface area contributed by atoms with Gasteiger partial charge in [-0.05, 0) is 57.6 Å². The molecule has 3 aromatic rings. The van der Waals surface area contributed by atoms with Gasteiger partial charge < -0.3 is 35.5 Å². The molecule has 5 rings (SSSR count). The lowest BCUT2D eigenvalue weighted by Crippen LogP contribution is -2.61. The number of hydrogen-bond acceptors (Lipinski definition) is 9.